The van der Waals surface area contributed by atoms with E-state index in [2.05, 4.69) is 10.2 Å². The maximum atomic E-state index is 13.1. The van der Waals surface area contributed by atoms with Crippen molar-refractivity contribution in [1.82, 2.24) is 4.31 Å². The third-order valence-electron chi connectivity index (χ3n) is 5.73. The van der Waals surface area contributed by atoms with E-state index in [0.29, 0.717) is 42.4 Å². The lowest BCUT2D eigenvalue weighted by molar-refractivity contribution is 0.102. The van der Waals surface area contributed by atoms with Gasteiger partial charge in [0.15, 0.2) is 11.5 Å². The Balaban J connectivity index is 1.98. The number of carbonyl (C=O) groups excluding carboxylic acids is 1. The minimum atomic E-state index is -3.66. The molecule has 0 atom stereocenters. The summed E-state index contributed by atoms with van der Waals surface area (Å²) in [5, 5.41) is 2.93. The van der Waals surface area contributed by atoms with Gasteiger partial charge in [0.1, 0.15) is 0 Å². The molecule has 0 aromatic heterocycles. The van der Waals surface area contributed by atoms with Crippen molar-refractivity contribution >= 4 is 27.3 Å². The van der Waals surface area contributed by atoms with Gasteiger partial charge in [-0.25, -0.2) is 8.42 Å². The van der Waals surface area contributed by atoms with Crippen LogP contribution in [0.15, 0.2) is 41.3 Å². The predicted molar refractivity (Wildman–Crippen MR) is 130 cm³/mol. The minimum Gasteiger partial charge on any atom is -0.493 e. The third-order valence-corrected chi connectivity index (χ3v) is 7.78. The Morgan fingerprint density at radius 2 is 1.73 bits per heavy atom. The molecule has 0 aliphatic carbocycles. The summed E-state index contributed by atoms with van der Waals surface area (Å²) in [5.74, 6) is 0.665. The van der Waals surface area contributed by atoms with E-state index >= 15 is 0 Å². The van der Waals surface area contributed by atoms with Crippen molar-refractivity contribution in [1.29, 1.82) is 0 Å². The molecule has 0 unspecified atom stereocenters. The molecule has 1 aliphatic heterocycles. The van der Waals surface area contributed by atoms with Crippen LogP contribution in [-0.2, 0) is 10.0 Å². The second-order valence-corrected chi connectivity index (χ2v) is 9.65. The zero-order valence-corrected chi connectivity index (χ0v) is 20.6. The topological polar surface area (TPSA) is 88.2 Å². The van der Waals surface area contributed by atoms with Crippen LogP contribution in [0.5, 0.6) is 11.5 Å². The number of anilines is 2. The molecule has 2 aromatic carbocycles. The summed E-state index contributed by atoms with van der Waals surface area (Å²) in [6.45, 7) is 8.45. The molecule has 1 amide bonds. The van der Waals surface area contributed by atoms with E-state index in [0.717, 1.165) is 31.6 Å². The molecule has 1 heterocycles. The smallest absolute Gasteiger partial charge is 0.255 e. The Bertz CT molecular complexity index is 1080. The monoisotopic (exact) mass is 475 g/mol. The average Bonchev–Trinajstić information content (AvgIpc) is 3.34. The van der Waals surface area contributed by atoms with E-state index in [4.69, 9.17) is 9.47 Å². The fourth-order valence-electron chi connectivity index (χ4n) is 4.00. The number of rotatable bonds is 10. The first-order chi connectivity index (χ1) is 15.8. The molecule has 1 aliphatic rings. The Kier molecular flexibility index (Phi) is 8.20. The Hall–Kier alpha value is -2.78. The summed E-state index contributed by atoms with van der Waals surface area (Å²) >= 11 is 0. The number of hydrogen-bond acceptors (Lipinski definition) is 6. The van der Waals surface area contributed by atoms with Crippen molar-refractivity contribution in [2.24, 2.45) is 0 Å². The summed E-state index contributed by atoms with van der Waals surface area (Å²) < 4.78 is 38.5. The van der Waals surface area contributed by atoms with Crippen LogP contribution in [-0.4, -0.2) is 58.5 Å². The highest BCUT2D eigenvalue weighted by Gasteiger charge is 2.25. The number of ether oxygens (including phenoxy) is 2. The first-order valence-corrected chi connectivity index (χ1v) is 12.8. The van der Waals surface area contributed by atoms with Crippen molar-refractivity contribution in [2.75, 3.05) is 50.1 Å². The summed E-state index contributed by atoms with van der Waals surface area (Å²) in [7, 11) is -2.14. The van der Waals surface area contributed by atoms with Crippen LogP contribution < -0.4 is 19.7 Å². The number of amides is 1. The van der Waals surface area contributed by atoms with Crippen LogP contribution in [0, 0.1) is 0 Å². The van der Waals surface area contributed by atoms with Gasteiger partial charge in [-0.15, -0.1) is 0 Å². The lowest BCUT2D eigenvalue weighted by Crippen LogP contribution is -2.31. The van der Waals surface area contributed by atoms with Crippen LogP contribution in [0.25, 0.3) is 0 Å². The highest BCUT2D eigenvalue weighted by atomic mass is 32.2. The van der Waals surface area contributed by atoms with Crippen LogP contribution in [0.1, 0.15) is 44.0 Å². The highest BCUT2D eigenvalue weighted by molar-refractivity contribution is 7.89. The van der Waals surface area contributed by atoms with Crippen LogP contribution >= 0.6 is 0 Å². The molecule has 1 fully saturated rings. The molecule has 2 aromatic rings. The SMILES string of the molecule is CCOc1ccc(C(=O)Nc2cc(S(=O)(=O)N(CC)CC)ccc2N2CCCC2)cc1OC. The lowest BCUT2D eigenvalue weighted by Gasteiger charge is -2.24. The Morgan fingerprint density at radius 1 is 1.03 bits per heavy atom. The number of methoxy groups -OCH3 is 1. The Morgan fingerprint density at radius 3 is 2.33 bits per heavy atom. The van der Waals surface area contributed by atoms with Gasteiger partial charge in [-0.05, 0) is 56.2 Å². The second-order valence-electron chi connectivity index (χ2n) is 7.72. The van der Waals surface area contributed by atoms with E-state index < -0.39 is 10.0 Å². The number of nitrogens with one attached hydrogen (secondary N) is 1. The molecule has 1 saturated heterocycles. The van der Waals surface area contributed by atoms with Crippen LogP contribution in [0.3, 0.4) is 0 Å². The van der Waals surface area contributed by atoms with E-state index in [1.165, 1.54) is 11.4 Å². The highest BCUT2D eigenvalue weighted by Crippen LogP contribution is 2.33. The second kappa shape index (κ2) is 10.9. The number of carbonyl (C=O) groups is 1. The molecular weight excluding hydrogens is 442 g/mol. The molecule has 8 nitrogen and oxygen atoms in total. The summed E-state index contributed by atoms with van der Waals surface area (Å²) in [6, 6.07) is 9.94. The number of hydrogen-bond donors (Lipinski definition) is 1. The standard InChI is InChI=1S/C24H33N3O5S/c1-5-27(6-2)33(29,30)19-11-12-21(26-14-8-9-15-26)20(17-19)25-24(28)18-10-13-22(32-7-3)23(16-18)31-4/h10-13,16-17H,5-9,14-15H2,1-4H3,(H,25,28). The van der Waals surface area contributed by atoms with Crippen molar-refractivity contribution in [2.45, 2.75) is 38.5 Å². The van der Waals surface area contributed by atoms with Crippen LogP contribution in [0.4, 0.5) is 11.4 Å². The molecule has 33 heavy (non-hydrogen) atoms. The van der Waals surface area contributed by atoms with Crippen molar-refractivity contribution in [3.05, 3.63) is 42.0 Å². The van der Waals surface area contributed by atoms with Crippen molar-refractivity contribution in [3.63, 3.8) is 0 Å². The number of sulfonamides is 1. The summed E-state index contributed by atoms with van der Waals surface area (Å²) in [4.78, 5) is 15.5. The van der Waals surface area contributed by atoms with Crippen molar-refractivity contribution < 1.29 is 22.7 Å². The van der Waals surface area contributed by atoms with E-state index in [9.17, 15) is 13.2 Å². The maximum absolute atomic E-state index is 13.1. The van der Waals surface area contributed by atoms with Gasteiger partial charge < -0.3 is 19.7 Å². The molecule has 180 valence electrons. The van der Waals surface area contributed by atoms with Gasteiger partial charge >= 0.3 is 0 Å². The zero-order valence-electron chi connectivity index (χ0n) is 19.8. The fourth-order valence-corrected chi connectivity index (χ4v) is 5.48. The fraction of sp³-hybridized carbons (Fsp3) is 0.458. The predicted octanol–water partition coefficient (Wildman–Crippen LogP) is 3.98. The molecule has 3 rings (SSSR count). The van der Waals surface area contributed by atoms with E-state index in [1.807, 2.05) is 20.8 Å². The minimum absolute atomic E-state index is 0.161. The normalized spacial score (nSPS) is 13.9. The van der Waals surface area contributed by atoms with Gasteiger partial charge in [0, 0.05) is 31.7 Å². The third kappa shape index (κ3) is 5.42. The summed E-state index contributed by atoms with van der Waals surface area (Å²) in [5.41, 5.74) is 1.68. The molecule has 0 saturated carbocycles. The maximum Gasteiger partial charge on any atom is 0.255 e. The largest absolute Gasteiger partial charge is 0.493 e. The van der Waals surface area contributed by atoms with Crippen molar-refractivity contribution in [3.8, 4) is 11.5 Å². The average molecular weight is 476 g/mol. The summed E-state index contributed by atoms with van der Waals surface area (Å²) in [6.07, 6.45) is 2.12. The first kappa shape index (κ1) is 24.9. The molecule has 1 N–H and O–H groups in total. The van der Waals surface area contributed by atoms with Gasteiger partial charge in [-0.2, -0.15) is 4.31 Å². The first-order valence-electron chi connectivity index (χ1n) is 11.4. The Labute approximate surface area is 196 Å². The van der Waals surface area contributed by atoms with Crippen LogP contribution in [0.2, 0.25) is 0 Å². The molecular formula is C24H33N3O5S. The van der Waals surface area contributed by atoms with Gasteiger partial charge in [0.2, 0.25) is 10.0 Å². The zero-order chi connectivity index (χ0) is 24.0. The molecule has 9 heteroatoms. The lowest BCUT2D eigenvalue weighted by atomic mass is 10.1. The molecule has 0 radical (unpaired) electrons. The van der Waals surface area contributed by atoms with E-state index in [-0.39, 0.29) is 10.8 Å². The molecule has 0 bridgehead atoms. The van der Waals surface area contributed by atoms with E-state index in [1.54, 1.807) is 36.4 Å². The van der Waals surface area contributed by atoms with Gasteiger partial charge in [0.25, 0.3) is 5.91 Å². The van der Waals surface area contributed by atoms with Gasteiger partial charge in [-0.1, -0.05) is 13.8 Å². The van der Waals surface area contributed by atoms with Gasteiger partial charge in [0.05, 0.1) is 30.0 Å². The quantitative estimate of drug-likeness (QED) is 0.559. The molecule has 0 spiro atoms. The number of nitrogens with zero attached hydrogens (tertiary/aromatic N) is 2. The van der Waals surface area contributed by atoms with Gasteiger partial charge in [-0.3, -0.25) is 4.79 Å². The number of benzene rings is 2.